The molecule has 3 aromatic rings. The Labute approximate surface area is 198 Å². The number of anilines is 2. The first kappa shape index (κ1) is 24.0. The Hall–Kier alpha value is -4.14. The molecule has 35 heavy (non-hydrogen) atoms. The fourth-order valence-electron chi connectivity index (χ4n) is 4.12. The van der Waals surface area contributed by atoms with Gasteiger partial charge in [-0.2, -0.15) is 13.2 Å². The van der Waals surface area contributed by atoms with Gasteiger partial charge in [-0.05, 0) is 59.9 Å². The van der Waals surface area contributed by atoms with Gasteiger partial charge in [0.2, 0.25) is 0 Å². The Morgan fingerprint density at radius 1 is 0.914 bits per heavy atom. The molecule has 9 heteroatoms. The number of carbonyl (C=O) groups excluding carboxylic acids is 2. The van der Waals surface area contributed by atoms with Gasteiger partial charge >= 0.3 is 18.2 Å². The average Bonchev–Trinajstić information content (AvgIpc) is 2.80. The van der Waals surface area contributed by atoms with Crippen molar-refractivity contribution in [3.63, 3.8) is 0 Å². The van der Waals surface area contributed by atoms with Gasteiger partial charge in [0.15, 0.2) is 5.78 Å². The van der Waals surface area contributed by atoms with E-state index in [1.165, 1.54) is 12.1 Å². The Morgan fingerprint density at radius 2 is 1.60 bits per heavy atom. The first-order chi connectivity index (χ1) is 16.6. The van der Waals surface area contributed by atoms with Gasteiger partial charge in [0, 0.05) is 22.9 Å². The molecular formula is C26H21F3N2O4. The van der Waals surface area contributed by atoms with E-state index in [0.29, 0.717) is 24.1 Å². The number of carboxylic acids is 1. The minimum absolute atomic E-state index is 0.0168. The molecule has 0 spiro atoms. The van der Waals surface area contributed by atoms with Gasteiger partial charge in [0.1, 0.15) is 0 Å². The molecule has 1 aliphatic carbocycles. The second-order valence-electron chi connectivity index (χ2n) is 8.30. The minimum Gasteiger partial charge on any atom is -0.481 e. The van der Waals surface area contributed by atoms with E-state index in [1.54, 1.807) is 36.4 Å². The number of fused-ring (bicyclic) bond motifs is 1. The lowest BCUT2D eigenvalue weighted by molar-refractivity contribution is -0.138. The van der Waals surface area contributed by atoms with E-state index in [4.69, 9.17) is 5.11 Å². The van der Waals surface area contributed by atoms with Crippen molar-refractivity contribution in [3.8, 4) is 11.1 Å². The number of aliphatic carboxylic acids is 1. The van der Waals surface area contributed by atoms with Crippen LogP contribution >= 0.6 is 0 Å². The third kappa shape index (κ3) is 5.68. The Bertz CT molecular complexity index is 1290. The number of aryl methyl sites for hydroxylation is 1. The highest BCUT2D eigenvalue weighted by molar-refractivity contribution is 6.02. The number of hydrogen-bond acceptors (Lipinski definition) is 3. The summed E-state index contributed by atoms with van der Waals surface area (Å²) >= 11 is 0. The van der Waals surface area contributed by atoms with E-state index in [0.717, 1.165) is 28.8 Å². The summed E-state index contributed by atoms with van der Waals surface area (Å²) in [6.45, 7) is 0. The van der Waals surface area contributed by atoms with Crippen LogP contribution in [0.25, 0.3) is 11.1 Å². The lowest BCUT2D eigenvalue weighted by Crippen LogP contribution is -2.24. The zero-order chi connectivity index (χ0) is 25.2. The van der Waals surface area contributed by atoms with Crippen molar-refractivity contribution in [1.82, 2.24) is 0 Å². The largest absolute Gasteiger partial charge is 0.481 e. The summed E-state index contributed by atoms with van der Waals surface area (Å²) < 4.78 is 38.5. The average molecular weight is 482 g/mol. The number of nitrogens with one attached hydrogen (secondary N) is 2. The van der Waals surface area contributed by atoms with Crippen LogP contribution in [0.2, 0.25) is 0 Å². The van der Waals surface area contributed by atoms with Crippen LogP contribution < -0.4 is 10.6 Å². The highest BCUT2D eigenvalue weighted by Crippen LogP contribution is 2.32. The maximum absolute atomic E-state index is 12.8. The van der Waals surface area contributed by atoms with Crippen molar-refractivity contribution >= 4 is 29.2 Å². The van der Waals surface area contributed by atoms with Crippen LogP contribution in [0.5, 0.6) is 0 Å². The molecule has 180 valence electrons. The van der Waals surface area contributed by atoms with E-state index >= 15 is 0 Å². The zero-order valence-electron chi connectivity index (χ0n) is 18.4. The standard InChI is InChI=1S/C26H21F3N2O4/c27-26(28,29)19-2-1-3-21(14-19)31-25(35)30-20-9-6-15(7-10-20)16-8-11-22-17(12-16)4-5-18(24(22)34)13-23(32)33/h1-3,6-12,14,18H,4-5,13H2,(H,32,33)(H2,30,31,35). The molecule has 0 radical (unpaired) electrons. The number of hydrogen-bond donors (Lipinski definition) is 3. The molecule has 1 atom stereocenters. The van der Waals surface area contributed by atoms with Crippen LogP contribution in [0.1, 0.15) is 34.3 Å². The highest BCUT2D eigenvalue weighted by Gasteiger charge is 2.31. The van der Waals surface area contributed by atoms with Crippen molar-refractivity contribution in [2.45, 2.75) is 25.4 Å². The summed E-state index contributed by atoms with van der Waals surface area (Å²) in [5.74, 6) is -1.63. The third-order valence-corrected chi connectivity index (χ3v) is 5.85. The summed E-state index contributed by atoms with van der Waals surface area (Å²) in [7, 11) is 0. The van der Waals surface area contributed by atoms with Gasteiger partial charge in [-0.3, -0.25) is 9.59 Å². The monoisotopic (exact) mass is 482 g/mol. The van der Waals surface area contributed by atoms with E-state index in [9.17, 15) is 27.6 Å². The Morgan fingerprint density at radius 3 is 2.29 bits per heavy atom. The van der Waals surface area contributed by atoms with Crippen molar-refractivity contribution in [3.05, 3.63) is 83.4 Å². The third-order valence-electron chi connectivity index (χ3n) is 5.85. The molecule has 1 aliphatic rings. The summed E-state index contributed by atoms with van der Waals surface area (Å²) in [4.78, 5) is 35.8. The maximum atomic E-state index is 12.8. The number of carbonyl (C=O) groups is 3. The highest BCUT2D eigenvalue weighted by atomic mass is 19.4. The molecule has 0 bridgehead atoms. The topological polar surface area (TPSA) is 95.5 Å². The lowest BCUT2D eigenvalue weighted by Gasteiger charge is -2.22. The van der Waals surface area contributed by atoms with Crippen LogP contribution in [0.4, 0.5) is 29.3 Å². The summed E-state index contributed by atoms with van der Waals surface area (Å²) in [5, 5.41) is 14.0. The first-order valence-corrected chi connectivity index (χ1v) is 10.8. The molecule has 0 saturated carbocycles. The van der Waals surface area contributed by atoms with Crippen molar-refractivity contribution < 1.29 is 32.7 Å². The van der Waals surface area contributed by atoms with Crippen molar-refractivity contribution in [2.75, 3.05) is 10.6 Å². The Kier molecular flexibility index (Phi) is 6.59. The molecule has 0 aromatic heterocycles. The quantitative estimate of drug-likeness (QED) is 0.401. The summed E-state index contributed by atoms with van der Waals surface area (Å²) in [6, 6.07) is 16.0. The molecule has 1 unspecified atom stereocenters. The number of ketones is 1. The fourth-order valence-corrected chi connectivity index (χ4v) is 4.12. The zero-order valence-corrected chi connectivity index (χ0v) is 18.4. The Balaban J connectivity index is 1.42. The molecule has 4 rings (SSSR count). The molecule has 6 nitrogen and oxygen atoms in total. The van der Waals surface area contributed by atoms with E-state index in [-0.39, 0.29) is 17.9 Å². The molecule has 2 amide bonds. The van der Waals surface area contributed by atoms with Crippen LogP contribution in [-0.2, 0) is 17.4 Å². The van der Waals surface area contributed by atoms with E-state index < -0.39 is 29.7 Å². The van der Waals surface area contributed by atoms with Gasteiger partial charge in [-0.1, -0.05) is 36.4 Å². The molecule has 0 saturated heterocycles. The number of amides is 2. The van der Waals surface area contributed by atoms with E-state index in [1.807, 2.05) is 6.07 Å². The predicted molar refractivity (Wildman–Crippen MR) is 124 cm³/mol. The number of halogens is 3. The second kappa shape index (κ2) is 9.61. The second-order valence-corrected chi connectivity index (χ2v) is 8.30. The van der Waals surface area contributed by atoms with E-state index in [2.05, 4.69) is 10.6 Å². The van der Waals surface area contributed by atoms with Crippen molar-refractivity contribution in [1.29, 1.82) is 0 Å². The number of rotatable bonds is 5. The number of alkyl halides is 3. The smallest absolute Gasteiger partial charge is 0.416 e. The van der Waals surface area contributed by atoms with Crippen LogP contribution in [0.3, 0.4) is 0 Å². The fraction of sp³-hybridized carbons (Fsp3) is 0.192. The summed E-state index contributed by atoms with van der Waals surface area (Å²) in [5.41, 5.74) is 2.74. The maximum Gasteiger partial charge on any atom is 0.416 e. The summed E-state index contributed by atoms with van der Waals surface area (Å²) in [6.07, 6.45) is -3.57. The normalized spacial score (nSPS) is 15.3. The van der Waals surface area contributed by atoms with Crippen LogP contribution in [0, 0.1) is 5.92 Å². The molecule has 0 aliphatic heterocycles. The van der Waals surface area contributed by atoms with Crippen LogP contribution in [-0.4, -0.2) is 22.9 Å². The van der Waals surface area contributed by atoms with Gasteiger partial charge in [0.25, 0.3) is 0 Å². The molecule has 0 heterocycles. The molecule has 3 aromatic carbocycles. The lowest BCUT2D eigenvalue weighted by atomic mass is 9.80. The minimum atomic E-state index is -4.51. The molecular weight excluding hydrogens is 461 g/mol. The molecule has 3 N–H and O–H groups in total. The van der Waals surface area contributed by atoms with Gasteiger partial charge in [-0.15, -0.1) is 0 Å². The van der Waals surface area contributed by atoms with Gasteiger partial charge < -0.3 is 15.7 Å². The van der Waals surface area contributed by atoms with Crippen molar-refractivity contribution in [2.24, 2.45) is 5.92 Å². The van der Waals surface area contributed by atoms with Gasteiger partial charge in [0.05, 0.1) is 12.0 Å². The number of benzene rings is 3. The van der Waals surface area contributed by atoms with Crippen LogP contribution in [0.15, 0.2) is 66.7 Å². The molecule has 0 fully saturated rings. The predicted octanol–water partition coefficient (Wildman–Crippen LogP) is 6.24. The SMILES string of the molecule is O=C(O)CC1CCc2cc(-c3ccc(NC(=O)Nc4cccc(C(F)(F)F)c4)cc3)ccc2C1=O. The number of Topliss-reactive ketones (excluding diaryl/α,β-unsaturated/α-hetero) is 1. The first-order valence-electron chi connectivity index (χ1n) is 10.8. The van der Waals surface area contributed by atoms with Gasteiger partial charge in [-0.25, -0.2) is 4.79 Å². The number of carboxylic acid groups (broad SMARTS) is 1. The number of urea groups is 1.